The molecule has 0 aromatic carbocycles. The van der Waals surface area contributed by atoms with Crippen LogP contribution in [0.25, 0.3) is 0 Å². The average Bonchev–Trinajstić information content (AvgIpc) is 2.52. The fraction of sp³-hybridized carbons (Fsp3) is 0.714. The van der Waals surface area contributed by atoms with Crippen molar-refractivity contribution in [2.45, 2.75) is 39.5 Å². The number of halogens is 2. The van der Waals surface area contributed by atoms with Crippen molar-refractivity contribution < 1.29 is 84.7 Å². The number of carboxylic acid groups (broad SMARTS) is 2. The Morgan fingerprint density at radius 3 is 1.11 bits per heavy atom. The van der Waals surface area contributed by atoms with Gasteiger partial charge in [-0.25, -0.2) is 0 Å². The number of ether oxygens (including phenoxy) is 2. The van der Waals surface area contributed by atoms with Gasteiger partial charge in [0.1, 0.15) is 0 Å². The Kier molecular flexibility index (Phi) is 49.3. The molecule has 0 aliphatic heterocycles. The van der Waals surface area contributed by atoms with Crippen LogP contribution in [0.3, 0.4) is 0 Å². The van der Waals surface area contributed by atoms with Gasteiger partial charge in [-0.05, 0) is 13.8 Å². The molecule has 0 amide bonds. The van der Waals surface area contributed by atoms with Crippen LogP contribution in [0.5, 0.6) is 0 Å². The zero-order valence-corrected chi connectivity index (χ0v) is 19.0. The van der Waals surface area contributed by atoms with Crippen molar-refractivity contribution in [1.82, 2.24) is 0 Å². The minimum Gasteiger partial charge on any atom is -1.00 e. The van der Waals surface area contributed by atoms with E-state index in [0.29, 0.717) is 26.3 Å². The van der Waals surface area contributed by atoms with Crippen molar-refractivity contribution >= 4 is 23.9 Å². The summed E-state index contributed by atoms with van der Waals surface area (Å²) in [5.74, 6) is -2.86. The minimum absolute atomic E-state index is 0. The number of carbonyl (C=O) groups excluding carboxylic acids is 2. The summed E-state index contributed by atoms with van der Waals surface area (Å²) >= 11 is 0. The predicted molar refractivity (Wildman–Crippen MR) is 85.1 cm³/mol. The standard InChI is InChI=1S/2C6H10O4.C2H8N2.2ClH.Pt/c2*1-2-10-6(9)4-3-5(7)8;3-1-2-4;;;/h2*2-4H2,1H3,(H,7,8);1-4H2;2*1H;/q;;;;;+2/p-2. The second kappa shape index (κ2) is 32.7. The minimum atomic E-state index is -0.979. The Morgan fingerprint density at radius 1 is 0.704 bits per heavy atom. The molecule has 13 heteroatoms. The van der Waals surface area contributed by atoms with Crippen LogP contribution in [0.15, 0.2) is 0 Å². The zero-order chi connectivity index (χ0) is 19.4. The summed E-state index contributed by atoms with van der Waals surface area (Å²) in [5, 5.41) is 16.2. The van der Waals surface area contributed by atoms with Crippen LogP contribution >= 0.6 is 0 Å². The van der Waals surface area contributed by atoms with Crippen molar-refractivity contribution in [3.63, 3.8) is 0 Å². The van der Waals surface area contributed by atoms with E-state index in [1.165, 1.54) is 0 Å². The third kappa shape index (κ3) is 51.7. The van der Waals surface area contributed by atoms with E-state index in [1.807, 2.05) is 0 Å². The Bertz CT molecular complexity index is 343. The molecular weight excluding hydrogens is 590 g/mol. The molecule has 0 fully saturated rings. The molecule has 0 aliphatic carbocycles. The third-order valence-electron chi connectivity index (χ3n) is 1.86. The van der Waals surface area contributed by atoms with Crippen LogP contribution in [0.4, 0.5) is 0 Å². The summed E-state index contributed by atoms with van der Waals surface area (Å²) in [5.41, 5.74) is 9.81. The molecule has 0 atom stereocenters. The summed E-state index contributed by atoms with van der Waals surface area (Å²) in [6.07, 6.45) is -0.385. The van der Waals surface area contributed by atoms with Gasteiger partial charge in [0.15, 0.2) is 0 Å². The number of esters is 2. The van der Waals surface area contributed by atoms with Gasteiger partial charge < -0.3 is 56.0 Å². The molecule has 10 nitrogen and oxygen atoms in total. The quantitative estimate of drug-likeness (QED) is 0.182. The van der Waals surface area contributed by atoms with Gasteiger partial charge in [-0.15, -0.1) is 0 Å². The van der Waals surface area contributed by atoms with Gasteiger partial charge in [-0.3, -0.25) is 19.2 Å². The van der Waals surface area contributed by atoms with E-state index < -0.39 is 23.9 Å². The van der Waals surface area contributed by atoms with Crippen molar-refractivity contribution in [2.24, 2.45) is 11.5 Å². The van der Waals surface area contributed by atoms with Crippen molar-refractivity contribution in [2.75, 3.05) is 26.3 Å². The van der Waals surface area contributed by atoms with Crippen LogP contribution in [-0.2, 0) is 49.7 Å². The van der Waals surface area contributed by atoms with Crippen LogP contribution < -0.4 is 36.3 Å². The molecule has 0 heterocycles. The normalized spacial score (nSPS) is 7.70. The van der Waals surface area contributed by atoms with E-state index in [9.17, 15) is 19.2 Å². The molecule has 0 rings (SSSR count). The zero-order valence-electron chi connectivity index (χ0n) is 15.2. The molecular formula is C14H28Cl2N2O8Pt. The Labute approximate surface area is 185 Å². The number of hydrogen-bond donors (Lipinski definition) is 4. The fourth-order valence-electron chi connectivity index (χ4n) is 0.884. The molecule has 6 N–H and O–H groups in total. The molecule has 27 heavy (non-hydrogen) atoms. The number of hydrogen-bond acceptors (Lipinski definition) is 8. The average molecular weight is 618 g/mol. The van der Waals surface area contributed by atoms with Crippen molar-refractivity contribution in [3.8, 4) is 0 Å². The van der Waals surface area contributed by atoms with Crippen LogP contribution in [0.1, 0.15) is 39.5 Å². The maximum Gasteiger partial charge on any atom is 2.00 e. The number of aliphatic carboxylic acids is 2. The summed E-state index contributed by atoms with van der Waals surface area (Å²) in [7, 11) is 0. The molecule has 0 saturated carbocycles. The predicted octanol–water partition coefficient (Wildman–Crippen LogP) is -6.26. The molecule has 166 valence electrons. The number of carbonyl (C=O) groups is 4. The van der Waals surface area contributed by atoms with E-state index in [0.717, 1.165) is 0 Å². The largest absolute Gasteiger partial charge is 2.00 e. The third-order valence-corrected chi connectivity index (χ3v) is 1.86. The molecule has 0 saturated heterocycles. The first-order chi connectivity index (χ1) is 11.2. The summed E-state index contributed by atoms with van der Waals surface area (Å²) < 4.78 is 8.98. The monoisotopic (exact) mass is 617 g/mol. The molecule has 0 unspecified atom stereocenters. The van der Waals surface area contributed by atoms with E-state index in [4.69, 9.17) is 21.7 Å². The SMILES string of the molecule is CCOC(=O)CCC(=O)O.CCOC(=O)CCC(=O)O.NCCN.[Cl-].[Cl-].[Pt+2]. The molecule has 0 spiro atoms. The topological polar surface area (TPSA) is 179 Å². The number of carboxylic acids is 2. The molecule has 0 aliphatic rings. The molecule has 0 aromatic rings. The molecule has 0 bridgehead atoms. The van der Waals surface area contributed by atoms with E-state index in [1.54, 1.807) is 13.8 Å². The van der Waals surface area contributed by atoms with Gasteiger partial charge in [0.25, 0.3) is 0 Å². The number of rotatable bonds is 9. The van der Waals surface area contributed by atoms with Gasteiger partial charge in [-0.1, -0.05) is 0 Å². The van der Waals surface area contributed by atoms with E-state index in [-0.39, 0.29) is 71.6 Å². The Hall–Kier alpha value is -0.932. The second-order valence-electron chi connectivity index (χ2n) is 3.97. The van der Waals surface area contributed by atoms with Gasteiger partial charge in [-0.2, -0.15) is 0 Å². The summed E-state index contributed by atoms with van der Waals surface area (Å²) in [6.45, 7) is 5.16. The molecule has 0 radical (unpaired) electrons. The smallest absolute Gasteiger partial charge is 1.00 e. The van der Waals surface area contributed by atoms with Crippen LogP contribution in [0.2, 0.25) is 0 Å². The van der Waals surface area contributed by atoms with Crippen LogP contribution in [0, 0.1) is 0 Å². The van der Waals surface area contributed by atoms with Crippen LogP contribution in [-0.4, -0.2) is 60.4 Å². The van der Waals surface area contributed by atoms with Gasteiger partial charge >= 0.3 is 44.9 Å². The van der Waals surface area contributed by atoms with Gasteiger partial charge in [0, 0.05) is 13.1 Å². The Morgan fingerprint density at radius 2 is 0.963 bits per heavy atom. The maximum absolute atomic E-state index is 10.5. The van der Waals surface area contributed by atoms with Crippen molar-refractivity contribution in [1.29, 1.82) is 0 Å². The Balaban J connectivity index is -0.0000000624. The van der Waals surface area contributed by atoms with E-state index in [2.05, 4.69) is 9.47 Å². The second-order valence-corrected chi connectivity index (χ2v) is 3.97. The fourth-order valence-corrected chi connectivity index (χ4v) is 0.884. The number of nitrogens with two attached hydrogens (primary N) is 2. The maximum atomic E-state index is 10.5. The van der Waals surface area contributed by atoms with Crippen molar-refractivity contribution in [3.05, 3.63) is 0 Å². The van der Waals surface area contributed by atoms with Gasteiger partial charge in [0.2, 0.25) is 0 Å². The summed E-state index contributed by atoms with van der Waals surface area (Å²) in [6, 6.07) is 0. The first-order valence-corrected chi connectivity index (χ1v) is 7.39. The van der Waals surface area contributed by atoms with E-state index >= 15 is 0 Å². The van der Waals surface area contributed by atoms with Gasteiger partial charge in [0.05, 0.1) is 38.9 Å². The molecule has 0 aromatic heterocycles. The first-order valence-electron chi connectivity index (χ1n) is 7.39. The first kappa shape index (κ1) is 40.7. The summed E-state index contributed by atoms with van der Waals surface area (Å²) in [4.78, 5) is 40.7.